The summed E-state index contributed by atoms with van der Waals surface area (Å²) in [6.07, 6.45) is 2.46. The Hall–Kier alpha value is -0.550. The summed E-state index contributed by atoms with van der Waals surface area (Å²) in [7, 11) is 0. The molecular weight excluding hydrogens is 126 g/mol. The van der Waals surface area contributed by atoms with E-state index in [2.05, 4.69) is 11.8 Å². The predicted octanol–water partition coefficient (Wildman–Crippen LogP) is 1.72. The van der Waals surface area contributed by atoms with Crippen LogP contribution >= 0.6 is 0 Å². The number of nitrogens with zero attached hydrogens (tertiary/aromatic N) is 1. The number of hydrogen-bond donors (Lipinski definition) is 0. The molecule has 0 spiro atoms. The zero-order valence-electron chi connectivity index (χ0n) is 6.34. The van der Waals surface area contributed by atoms with Crippen LogP contribution in [0.5, 0.6) is 0 Å². The predicted molar refractivity (Wildman–Crippen MR) is 39.6 cm³/mol. The lowest BCUT2D eigenvalue weighted by atomic mass is 9.98. The van der Waals surface area contributed by atoms with E-state index in [9.17, 15) is 0 Å². The molecule has 0 radical (unpaired) electrons. The highest BCUT2D eigenvalue weighted by Gasteiger charge is 2.20. The molecule has 0 aromatic carbocycles. The fourth-order valence-electron chi connectivity index (χ4n) is 1.30. The molecule has 0 aromatic rings. The molecule has 1 aliphatic heterocycles. The second-order valence-electron chi connectivity index (χ2n) is 2.96. The Morgan fingerprint density at radius 3 is 3.10 bits per heavy atom. The molecule has 0 aliphatic carbocycles. The average Bonchev–Trinajstić information content (AvgIpc) is 1.88. The summed E-state index contributed by atoms with van der Waals surface area (Å²) in [4.78, 5) is 3.32. The summed E-state index contributed by atoms with van der Waals surface area (Å²) in [6, 6.07) is 0. The highest BCUT2D eigenvalue weighted by atomic mass is 16.5. The third kappa shape index (κ3) is 2.00. The molecule has 0 amide bonds. The summed E-state index contributed by atoms with van der Waals surface area (Å²) in [6.45, 7) is 10.3. The molecule has 1 fully saturated rings. The Labute approximate surface area is 62.0 Å². The van der Waals surface area contributed by atoms with Gasteiger partial charge in [0, 0.05) is 6.61 Å². The van der Waals surface area contributed by atoms with Crippen LogP contribution in [-0.4, -0.2) is 19.3 Å². The van der Waals surface area contributed by atoms with Crippen LogP contribution in [-0.2, 0) is 4.74 Å². The van der Waals surface area contributed by atoms with E-state index in [1.807, 2.05) is 0 Å². The summed E-state index contributed by atoms with van der Waals surface area (Å²) in [5.74, 6) is 0.750. The van der Waals surface area contributed by atoms with Crippen molar-refractivity contribution in [3.05, 3.63) is 11.4 Å². The minimum absolute atomic E-state index is 0.223. The van der Waals surface area contributed by atoms with Gasteiger partial charge >= 0.3 is 0 Å². The maximum Gasteiger partial charge on any atom is 0.240 e. The molecule has 0 unspecified atom stereocenters. The van der Waals surface area contributed by atoms with Gasteiger partial charge in [0.1, 0.15) is 6.10 Å². The molecule has 2 nitrogen and oxygen atoms in total. The van der Waals surface area contributed by atoms with Crippen LogP contribution in [0.1, 0.15) is 19.8 Å². The van der Waals surface area contributed by atoms with E-state index in [0.29, 0.717) is 6.54 Å². The van der Waals surface area contributed by atoms with Gasteiger partial charge in [-0.1, -0.05) is 6.92 Å². The van der Waals surface area contributed by atoms with Crippen molar-refractivity contribution in [3.63, 3.8) is 0 Å². The van der Waals surface area contributed by atoms with Gasteiger partial charge in [0.15, 0.2) is 0 Å². The van der Waals surface area contributed by atoms with E-state index < -0.39 is 0 Å². The van der Waals surface area contributed by atoms with Gasteiger partial charge in [-0.3, -0.25) is 0 Å². The monoisotopic (exact) mass is 139 g/mol. The molecule has 10 heavy (non-hydrogen) atoms. The fourth-order valence-corrected chi connectivity index (χ4v) is 1.30. The van der Waals surface area contributed by atoms with Crippen molar-refractivity contribution in [3.8, 4) is 0 Å². The van der Waals surface area contributed by atoms with Crippen molar-refractivity contribution in [2.24, 2.45) is 5.92 Å². The second-order valence-corrected chi connectivity index (χ2v) is 2.96. The van der Waals surface area contributed by atoms with Crippen molar-refractivity contribution in [2.75, 3.05) is 13.2 Å². The van der Waals surface area contributed by atoms with Crippen molar-refractivity contribution in [1.29, 1.82) is 0 Å². The maximum atomic E-state index is 6.65. The van der Waals surface area contributed by atoms with E-state index >= 15 is 0 Å². The average molecular weight is 139 g/mol. The number of hydrogen-bond acceptors (Lipinski definition) is 1. The van der Waals surface area contributed by atoms with Crippen LogP contribution in [0.4, 0.5) is 0 Å². The lowest BCUT2D eigenvalue weighted by molar-refractivity contribution is 0.00517. The minimum atomic E-state index is 0.223. The number of rotatable bonds is 1. The van der Waals surface area contributed by atoms with Gasteiger partial charge in [0.05, 0.1) is 0 Å². The Kier molecular flexibility index (Phi) is 2.70. The zero-order valence-corrected chi connectivity index (χ0v) is 6.34. The van der Waals surface area contributed by atoms with Crippen molar-refractivity contribution in [2.45, 2.75) is 25.9 Å². The topological polar surface area (TPSA) is 13.6 Å². The number of ether oxygens (including phenoxy) is 1. The van der Waals surface area contributed by atoms with E-state index in [-0.39, 0.29) is 6.10 Å². The fraction of sp³-hybridized carbons (Fsp3) is 0.875. The summed E-state index contributed by atoms with van der Waals surface area (Å²) >= 11 is 0. The lowest BCUT2D eigenvalue weighted by Gasteiger charge is -2.23. The first-order valence-electron chi connectivity index (χ1n) is 3.77. The zero-order chi connectivity index (χ0) is 7.40. The smallest absolute Gasteiger partial charge is 0.240 e. The molecular formula is C8H13NO. The van der Waals surface area contributed by atoms with Crippen LogP contribution < -0.4 is 0 Å². The lowest BCUT2D eigenvalue weighted by Crippen LogP contribution is -2.25. The minimum Gasteiger partial charge on any atom is -0.370 e. The van der Waals surface area contributed by atoms with Gasteiger partial charge in [-0.2, -0.15) is 0 Å². The first-order chi connectivity index (χ1) is 4.83. The highest BCUT2D eigenvalue weighted by Crippen LogP contribution is 2.19. The molecule has 1 aliphatic rings. The molecule has 0 bridgehead atoms. The largest absolute Gasteiger partial charge is 0.370 e. The first kappa shape index (κ1) is 7.56. The van der Waals surface area contributed by atoms with Crippen LogP contribution in [0.25, 0.3) is 4.85 Å². The first-order valence-corrected chi connectivity index (χ1v) is 3.77. The van der Waals surface area contributed by atoms with E-state index in [1.165, 1.54) is 0 Å². The maximum absolute atomic E-state index is 6.65. The molecule has 2 heteroatoms. The van der Waals surface area contributed by atoms with E-state index in [4.69, 9.17) is 11.3 Å². The molecule has 1 heterocycles. The van der Waals surface area contributed by atoms with Crippen LogP contribution in [0, 0.1) is 12.5 Å². The second kappa shape index (κ2) is 3.58. The SMILES string of the molecule is [C-]#[N+]C[C@@H]1C[C@@H](C)CCO1. The normalized spacial score (nSPS) is 33.2. The molecule has 0 N–H and O–H groups in total. The van der Waals surface area contributed by atoms with Gasteiger partial charge in [-0.25, -0.2) is 6.57 Å². The molecule has 0 aromatic heterocycles. The molecule has 1 saturated heterocycles. The van der Waals surface area contributed by atoms with E-state index in [1.54, 1.807) is 0 Å². The van der Waals surface area contributed by atoms with Crippen LogP contribution in [0.2, 0.25) is 0 Å². The summed E-state index contributed by atoms with van der Waals surface area (Å²) in [5, 5.41) is 0. The van der Waals surface area contributed by atoms with Crippen molar-refractivity contribution >= 4 is 0 Å². The summed E-state index contributed by atoms with van der Waals surface area (Å²) in [5.41, 5.74) is 0. The Morgan fingerprint density at radius 1 is 1.70 bits per heavy atom. The highest BCUT2D eigenvalue weighted by molar-refractivity contribution is 4.75. The molecule has 56 valence electrons. The van der Waals surface area contributed by atoms with Gasteiger partial charge < -0.3 is 9.58 Å². The summed E-state index contributed by atoms with van der Waals surface area (Å²) < 4.78 is 5.38. The van der Waals surface area contributed by atoms with Gasteiger partial charge in [-0.05, 0) is 18.8 Å². The molecule has 0 saturated carbocycles. The standard InChI is InChI=1S/C8H13NO/c1-7-3-4-10-8(5-7)6-9-2/h7-8H,3-6H2,1H3/t7-,8-/m0/s1. The van der Waals surface area contributed by atoms with Gasteiger partial charge in [0.25, 0.3) is 0 Å². The van der Waals surface area contributed by atoms with E-state index in [0.717, 1.165) is 25.4 Å². The van der Waals surface area contributed by atoms with Crippen molar-refractivity contribution in [1.82, 2.24) is 0 Å². The third-order valence-corrected chi connectivity index (χ3v) is 1.92. The van der Waals surface area contributed by atoms with Crippen molar-refractivity contribution < 1.29 is 4.74 Å². The Morgan fingerprint density at radius 2 is 2.50 bits per heavy atom. The van der Waals surface area contributed by atoms with Gasteiger partial charge in [-0.15, -0.1) is 0 Å². The van der Waals surface area contributed by atoms with Crippen LogP contribution in [0.3, 0.4) is 0 Å². The van der Waals surface area contributed by atoms with Crippen LogP contribution in [0.15, 0.2) is 0 Å². The third-order valence-electron chi connectivity index (χ3n) is 1.92. The quantitative estimate of drug-likeness (QED) is 0.504. The molecule has 1 rings (SSSR count). The Balaban J connectivity index is 2.27. The molecule has 2 atom stereocenters. The Bertz CT molecular complexity index is 139. The van der Waals surface area contributed by atoms with Gasteiger partial charge in [0.2, 0.25) is 6.54 Å².